The number of rotatable bonds is 3. The maximum atomic E-state index is 13.5. The topological polar surface area (TPSA) is 0 Å². The van der Waals surface area contributed by atoms with Crippen LogP contribution < -0.4 is 0 Å². The summed E-state index contributed by atoms with van der Waals surface area (Å²) in [6.07, 6.45) is 0.807. The van der Waals surface area contributed by atoms with Gasteiger partial charge in [-0.25, -0.2) is 4.39 Å². The van der Waals surface area contributed by atoms with E-state index < -0.39 is 0 Å². The molecule has 0 aromatic heterocycles. The van der Waals surface area contributed by atoms with Crippen molar-refractivity contribution in [3.05, 3.63) is 68.4 Å². The summed E-state index contributed by atoms with van der Waals surface area (Å²) in [6.45, 7) is 0. The number of hydrogen-bond donors (Lipinski definition) is 0. The zero-order valence-electron chi connectivity index (χ0n) is 9.34. The zero-order chi connectivity index (χ0) is 13.1. The third-order valence-corrected chi connectivity index (χ3v) is 4.77. The first-order chi connectivity index (χ1) is 8.58. The van der Waals surface area contributed by atoms with Crippen molar-refractivity contribution >= 4 is 47.8 Å². The van der Waals surface area contributed by atoms with Gasteiger partial charge in [0, 0.05) is 9.30 Å². The fraction of sp³-hybridized carbons (Fsp3) is 0.143. The van der Waals surface area contributed by atoms with Gasteiger partial charge in [0.1, 0.15) is 5.82 Å². The zero-order valence-corrected chi connectivity index (χ0v) is 14.1. The van der Waals surface area contributed by atoms with Gasteiger partial charge in [-0.05, 0) is 51.7 Å². The standard InChI is InChI=1S/C14H10Br3F/c15-10-4-1-3-9(7-10)8-12(16)11-5-2-6-13(18)14(11)17/h1-7,12H,8H2. The second-order valence-corrected chi connectivity index (χ2v) is 6.76. The quantitative estimate of drug-likeness (QED) is 0.515. The minimum Gasteiger partial charge on any atom is -0.206 e. The molecule has 18 heavy (non-hydrogen) atoms. The van der Waals surface area contributed by atoms with Crippen molar-refractivity contribution < 1.29 is 4.39 Å². The SMILES string of the molecule is Fc1cccc(C(Br)Cc2cccc(Br)c2)c1Br. The molecule has 2 aromatic rings. The molecule has 0 nitrogen and oxygen atoms in total. The van der Waals surface area contributed by atoms with Crippen molar-refractivity contribution in [2.75, 3.05) is 0 Å². The monoisotopic (exact) mass is 434 g/mol. The Bertz CT molecular complexity index is 554. The second-order valence-electron chi connectivity index (χ2n) is 3.94. The maximum Gasteiger partial charge on any atom is 0.137 e. The summed E-state index contributed by atoms with van der Waals surface area (Å²) in [5, 5.41) is 0. The van der Waals surface area contributed by atoms with Gasteiger partial charge in [-0.1, -0.05) is 56.1 Å². The van der Waals surface area contributed by atoms with E-state index in [1.807, 2.05) is 18.2 Å². The van der Waals surface area contributed by atoms with Crippen molar-refractivity contribution in [2.45, 2.75) is 11.2 Å². The number of halogens is 4. The summed E-state index contributed by atoms with van der Waals surface area (Å²) in [6, 6.07) is 13.2. The lowest BCUT2D eigenvalue weighted by Crippen LogP contribution is -1.98. The molecule has 1 atom stereocenters. The Morgan fingerprint density at radius 2 is 1.78 bits per heavy atom. The van der Waals surface area contributed by atoms with Crippen LogP contribution in [0, 0.1) is 5.82 Å². The van der Waals surface area contributed by atoms with Gasteiger partial charge in [-0.15, -0.1) is 0 Å². The van der Waals surface area contributed by atoms with Crippen LogP contribution in [0.3, 0.4) is 0 Å². The molecular weight excluding hydrogens is 427 g/mol. The van der Waals surface area contributed by atoms with Crippen molar-refractivity contribution in [2.24, 2.45) is 0 Å². The molecule has 0 aliphatic carbocycles. The highest BCUT2D eigenvalue weighted by molar-refractivity contribution is 9.11. The highest BCUT2D eigenvalue weighted by Gasteiger charge is 2.14. The molecule has 0 radical (unpaired) electrons. The number of hydrogen-bond acceptors (Lipinski definition) is 0. The van der Waals surface area contributed by atoms with Gasteiger partial charge in [0.05, 0.1) is 4.47 Å². The molecule has 0 aliphatic heterocycles. The fourth-order valence-electron chi connectivity index (χ4n) is 1.74. The van der Waals surface area contributed by atoms with Crippen molar-refractivity contribution in [1.29, 1.82) is 0 Å². The highest BCUT2D eigenvalue weighted by atomic mass is 79.9. The summed E-state index contributed by atoms with van der Waals surface area (Å²) in [5.74, 6) is -0.230. The molecule has 0 aliphatic rings. The Balaban J connectivity index is 2.22. The molecule has 2 aromatic carbocycles. The van der Waals surface area contributed by atoms with Crippen LogP contribution in [0.4, 0.5) is 4.39 Å². The third kappa shape index (κ3) is 3.43. The highest BCUT2D eigenvalue weighted by Crippen LogP contribution is 2.34. The second kappa shape index (κ2) is 6.31. The Hall–Kier alpha value is -0.190. The van der Waals surface area contributed by atoms with Crippen LogP contribution in [0.15, 0.2) is 51.4 Å². The average Bonchev–Trinajstić information content (AvgIpc) is 2.32. The Morgan fingerprint density at radius 1 is 1.06 bits per heavy atom. The minimum atomic E-state index is -0.230. The molecular formula is C14H10Br3F. The summed E-state index contributed by atoms with van der Waals surface area (Å²) < 4.78 is 15.1. The maximum absolute atomic E-state index is 13.5. The Morgan fingerprint density at radius 3 is 2.50 bits per heavy atom. The van der Waals surface area contributed by atoms with Crippen molar-refractivity contribution in [3.63, 3.8) is 0 Å². The summed E-state index contributed by atoms with van der Waals surface area (Å²) in [4.78, 5) is 0.0804. The molecule has 0 fully saturated rings. The third-order valence-electron chi connectivity index (χ3n) is 2.62. The van der Waals surface area contributed by atoms with E-state index in [-0.39, 0.29) is 10.6 Å². The summed E-state index contributed by atoms with van der Waals surface area (Å²) >= 11 is 10.4. The lowest BCUT2D eigenvalue weighted by Gasteiger charge is -2.13. The van der Waals surface area contributed by atoms with Crippen LogP contribution in [0.25, 0.3) is 0 Å². The fourth-order valence-corrected chi connectivity index (χ4v) is 3.79. The van der Waals surface area contributed by atoms with Crippen LogP contribution in [-0.4, -0.2) is 0 Å². The summed E-state index contributed by atoms with van der Waals surface area (Å²) in [7, 11) is 0. The molecule has 94 valence electrons. The number of benzene rings is 2. The molecule has 0 saturated heterocycles. The summed E-state index contributed by atoms with van der Waals surface area (Å²) in [5.41, 5.74) is 2.12. The van der Waals surface area contributed by atoms with Gasteiger partial charge in [-0.3, -0.25) is 0 Å². The smallest absolute Gasteiger partial charge is 0.137 e. The van der Waals surface area contributed by atoms with Gasteiger partial charge in [0.25, 0.3) is 0 Å². The van der Waals surface area contributed by atoms with Crippen LogP contribution >= 0.6 is 47.8 Å². The average molecular weight is 437 g/mol. The van der Waals surface area contributed by atoms with E-state index in [1.165, 1.54) is 11.6 Å². The first-order valence-corrected chi connectivity index (χ1v) is 7.90. The molecule has 0 heterocycles. The van der Waals surface area contributed by atoms with Crippen LogP contribution in [0.2, 0.25) is 0 Å². The normalized spacial score (nSPS) is 12.4. The van der Waals surface area contributed by atoms with Crippen LogP contribution in [-0.2, 0) is 6.42 Å². The predicted octanol–water partition coefficient (Wildman–Crippen LogP) is 6.03. The van der Waals surface area contributed by atoms with Gasteiger partial charge < -0.3 is 0 Å². The van der Waals surface area contributed by atoms with Gasteiger partial charge in [-0.2, -0.15) is 0 Å². The molecule has 0 N–H and O–H groups in total. The number of alkyl halides is 1. The molecule has 2 rings (SSSR count). The Labute approximate surface area is 131 Å². The Kier molecular flexibility index (Phi) is 4.98. The van der Waals surface area contributed by atoms with Gasteiger partial charge in [0.15, 0.2) is 0 Å². The molecule has 0 amide bonds. The lowest BCUT2D eigenvalue weighted by atomic mass is 10.0. The first kappa shape index (κ1) is 14.2. The molecule has 0 bridgehead atoms. The van der Waals surface area contributed by atoms with E-state index in [0.717, 1.165) is 16.5 Å². The van der Waals surface area contributed by atoms with Gasteiger partial charge >= 0.3 is 0 Å². The van der Waals surface area contributed by atoms with E-state index in [0.29, 0.717) is 4.47 Å². The predicted molar refractivity (Wildman–Crippen MR) is 83.6 cm³/mol. The van der Waals surface area contributed by atoms with E-state index >= 15 is 0 Å². The molecule has 4 heteroatoms. The van der Waals surface area contributed by atoms with E-state index in [2.05, 4.69) is 59.9 Å². The van der Waals surface area contributed by atoms with Crippen LogP contribution in [0.5, 0.6) is 0 Å². The van der Waals surface area contributed by atoms with Gasteiger partial charge in [0.2, 0.25) is 0 Å². The molecule has 0 saturated carbocycles. The largest absolute Gasteiger partial charge is 0.206 e. The molecule has 0 spiro atoms. The van der Waals surface area contributed by atoms with Crippen molar-refractivity contribution in [1.82, 2.24) is 0 Å². The first-order valence-electron chi connectivity index (χ1n) is 5.40. The lowest BCUT2D eigenvalue weighted by molar-refractivity contribution is 0.617. The van der Waals surface area contributed by atoms with E-state index in [1.54, 1.807) is 6.07 Å². The minimum absolute atomic E-state index is 0.0804. The van der Waals surface area contributed by atoms with Crippen molar-refractivity contribution in [3.8, 4) is 0 Å². The van der Waals surface area contributed by atoms with E-state index in [4.69, 9.17) is 0 Å². The van der Waals surface area contributed by atoms with E-state index in [9.17, 15) is 4.39 Å². The molecule has 1 unspecified atom stereocenters. The van der Waals surface area contributed by atoms with Crippen LogP contribution in [0.1, 0.15) is 16.0 Å².